The second kappa shape index (κ2) is 5.77. The highest BCUT2D eigenvalue weighted by Gasteiger charge is 2.26. The van der Waals surface area contributed by atoms with E-state index >= 15 is 0 Å². The molecule has 0 aliphatic rings. The maximum atomic E-state index is 10.9. The van der Waals surface area contributed by atoms with Crippen LogP contribution in [-0.4, -0.2) is 35.2 Å². The molecule has 9 heteroatoms. The molecule has 0 heterocycles. The van der Waals surface area contributed by atoms with Crippen LogP contribution in [0.3, 0.4) is 0 Å². The number of nitro groups is 2. The first-order chi connectivity index (χ1) is 8.51. The number of rotatable bonds is 6. The molecule has 0 atom stereocenters. The third-order valence-electron chi connectivity index (χ3n) is 2.11. The molecule has 1 aromatic carbocycles. The second-order valence-electron chi connectivity index (χ2n) is 3.21. The molecule has 0 aromatic heterocycles. The molecule has 98 valence electrons. The summed E-state index contributed by atoms with van der Waals surface area (Å²) in [5.41, 5.74) is -1.20. The van der Waals surface area contributed by atoms with Gasteiger partial charge in [0.1, 0.15) is 5.75 Å². The van der Waals surface area contributed by atoms with Gasteiger partial charge in [-0.05, 0) is 0 Å². The molecular weight excluding hydrogens is 246 g/mol. The van der Waals surface area contributed by atoms with Gasteiger partial charge in [-0.3, -0.25) is 20.2 Å². The largest absolute Gasteiger partial charge is 0.496 e. The lowest BCUT2D eigenvalue weighted by molar-refractivity contribution is -0.392. The lowest BCUT2D eigenvalue weighted by atomic mass is 10.2. The molecule has 0 unspecified atom stereocenters. The minimum atomic E-state index is -0.755. The van der Waals surface area contributed by atoms with Crippen molar-refractivity contribution in [2.75, 3.05) is 25.6 Å². The maximum Gasteiger partial charge on any atom is 0.303 e. The monoisotopic (exact) mass is 257 g/mol. The van der Waals surface area contributed by atoms with Gasteiger partial charge in [-0.15, -0.1) is 0 Å². The number of nitro benzene ring substituents is 2. The molecular formula is C9H11N3O6. The minimum Gasteiger partial charge on any atom is -0.496 e. The van der Waals surface area contributed by atoms with Crippen molar-refractivity contribution in [3.05, 3.63) is 32.4 Å². The fourth-order valence-electron chi connectivity index (χ4n) is 1.35. The van der Waals surface area contributed by atoms with Crippen molar-refractivity contribution in [3.63, 3.8) is 0 Å². The Morgan fingerprint density at radius 3 is 2.11 bits per heavy atom. The molecule has 0 amide bonds. The summed E-state index contributed by atoms with van der Waals surface area (Å²) in [5.74, 6) is 0.0166. The van der Waals surface area contributed by atoms with Gasteiger partial charge in [0.25, 0.3) is 0 Å². The number of nitrogens with one attached hydrogen (secondary N) is 1. The van der Waals surface area contributed by atoms with E-state index in [1.807, 2.05) is 0 Å². The van der Waals surface area contributed by atoms with Crippen LogP contribution in [0, 0.1) is 20.2 Å². The number of hydrogen-bond acceptors (Lipinski definition) is 7. The van der Waals surface area contributed by atoms with Gasteiger partial charge in [0.15, 0.2) is 5.69 Å². The quantitative estimate of drug-likeness (QED) is 0.572. The van der Waals surface area contributed by atoms with Gasteiger partial charge in [0.05, 0.1) is 35.7 Å². The van der Waals surface area contributed by atoms with Crippen LogP contribution in [-0.2, 0) is 0 Å². The molecule has 0 bridgehead atoms. The molecule has 1 aromatic rings. The molecule has 1 rings (SSSR count). The van der Waals surface area contributed by atoms with Crippen molar-refractivity contribution in [1.82, 2.24) is 0 Å². The van der Waals surface area contributed by atoms with Crippen molar-refractivity contribution >= 4 is 17.1 Å². The highest BCUT2D eigenvalue weighted by molar-refractivity contribution is 5.75. The van der Waals surface area contributed by atoms with E-state index in [4.69, 9.17) is 9.84 Å². The van der Waals surface area contributed by atoms with Crippen molar-refractivity contribution in [3.8, 4) is 5.75 Å². The summed E-state index contributed by atoms with van der Waals surface area (Å²) >= 11 is 0. The Morgan fingerprint density at radius 2 is 1.78 bits per heavy atom. The molecule has 2 N–H and O–H groups in total. The van der Waals surface area contributed by atoms with Crippen LogP contribution >= 0.6 is 0 Å². The van der Waals surface area contributed by atoms with Gasteiger partial charge in [-0.1, -0.05) is 0 Å². The lowest BCUT2D eigenvalue weighted by Crippen LogP contribution is -2.10. The predicted octanol–water partition coefficient (Wildman–Crippen LogP) is 0.916. The first-order valence-electron chi connectivity index (χ1n) is 4.86. The highest BCUT2D eigenvalue weighted by Crippen LogP contribution is 2.38. The molecule has 0 saturated heterocycles. The summed E-state index contributed by atoms with van der Waals surface area (Å²) in [5, 5.41) is 32.8. The first kappa shape index (κ1) is 13.6. The van der Waals surface area contributed by atoms with E-state index in [0.717, 1.165) is 12.1 Å². The van der Waals surface area contributed by atoms with Gasteiger partial charge in [0, 0.05) is 6.54 Å². The standard InChI is InChI=1S/C9H11N3O6/c1-18-6-4-7(11(14)15)9(10-2-3-13)8(5-6)12(16)17/h4-5,10,13H,2-3H2,1H3. The van der Waals surface area contributed by atoms with Gasteiger partial charge in [0.2, 0.25) is 0 Å². The normalized spacial score (nSPS) is 9.89. The second-order valence-corrected chi connectivity index (χ2v) is 3.21. The Kier molecular flexibility index (Phi) is 4.38. The lowest BCUT2D eigenvalue weighted by Gasteiger charge is -2.08. The molecule has 18 heavy (non-hydrogen) atoms. The number of anilines is 1. The summed E-state index contributed by atoms with van der Waals surface area (Å²) in [7, 11) is 1.25. The topological polar surface area (TPSA) is 128 Å². The Morgan fingerprint density at radius 1 is 1.28 bits per heavy atom. The van der Waals surface area contributed by atoms with E-state index in [9.17, 15) is 20.2 Å². The molecule has 0 fully saturated rings. The average Bonchev–Trinajstić information content (AvgIpc) is 2.34. The zero-order valence-electron chi connectivity index (χ0n) is 9.45. The third kappa shape index (κ3) is 2.83. The molecule has 0 aliphatic heterocycles. The summed E-state index contributed by atoms with van der Waals surface area (Å²) in [6, 6.07) is 2.15. The van der Waals surface area contributed by atoms with Crippen LogP contribution in [0.5, 0.6) is 5.75 Å². The van der Waals surface area contributed by atoms with Crippen LogP contribution in [0.15, 0.2) is 12.1 Å². The van der Waals surface area contributed by atoms with E-state index < -0.39 is 21.2 Å². The van der Waals surface area contributed by atoms with Crippen molar-refractivity contribution in [1.29, 1.82) is 0 Å². The predicted molar refractivity (Wildman–Crippen MR) is 61.9 cm³/mol. The molecule has 0 spiro atoms. The SMILES string of the molecule is COc1cc([N+](=O)[O-])c(NCCO)c([N+](=O)[O-])c1. The Labute approximate surface area is 101 Å². The van der Waals surface area contributed by atoms with E-state index in [1.165, 1.54) is 7.11 Å². The summed E-state index contributed by atoms with van der Waals surface area (Å²) in [6.45, 7) is -0.339. The number of methoxy groups -OCH3 is 1. The van der Waals surface area contributed by atoms with E-state index in [2.05, 4.69) is 5.32 Å². The Bertz CT molecular complexity index is 440. The zero-order chi connectivity index (χ0) is 13.7. The smallest absolute Gasteiger partial charge is 0.303 e. The molecule has 0 radical (unpaired) electrons. The van der Waals surface area contributed by atoms with Crippen LogP contribution in [0.1, 0.15) is 0 Å². The van der Waals surface area contributed by atoms with E-state index in [1.54, 1.807) is 0 Å². The summed E-state index contributed by atoms with van der Waals surface area (Å²) < 4.78 is 4.77. The number of aliphatic hydroxyl groups excluding tert-OH is 1. The first-order valence-corrected chi connectivity index (χ1v) is 4.86. The fraction of sp³-hybridized carbons (Fsp3) is 0.333. The van der Waals surface area contributed by atoms with Crippen LogP contribution in [0.2, 0.25) is 0 Å². The Hall–Kier alpha value is -2.42. The molecule has 0 aliphatic carbocycles. The van der Waals surface area contributed by atoms with Crippen molar-refractivity contribution in [2.24, 2.45) is 0 Å². The number of hydrogen-bond donors (Lipinski definition) is 2. The molecule has 9 nitrogen and oxygen atoms in total. The van der Waals surface area contributed by atoms with Crippen molar-refractivity contribution in [2.45, 2.75) is 0 Å². The number of ether oxygens (including phenoxy) is 1. The van der Waals surface area contributed by atoms with Crippen LogP contribution in [0.4, 0.5) is 17.1 Å². The molecule has 0 saturated carbocycles. The van der Waals surface area contributed by atoms with Gasteiger partial charge in [-0.2, -0.15) is 0 Å². The summed E-state index contributed by atoms with van der Waals surface area (Å²) in [4.78, 5) is 20.2. The third-order valence-corrected chi connectivity index (χ3v) is 2.11. The van der Waals surface area contributed by atoms with E-state index in [0.29, 0.717) is 0 Å². The number of aliphatic hydroxyl groups is 1. The number of nitrogens with zero attached hydrogens (tertiary/aromatic N) is 2. The minimum absolute atomic E-state index is 0.0166. The summed E-state index contributed by atoms with van der Waals surface area (Å²) in [6.07, 6.45) is 0. The van der Waals surface area contributed by atoms with Crippen LogP contribution in [0.25, 0.3) is 0 Å². The van der Waals surface area contributed by atoms with Crippen molar-refractivity contribution < 1.29 is 19.7 Å². The van der Waals surface area contributed by atoms with Gasteiger partial charge < -0.3 is 15.2 Å². The van der Waals surface area contributed by atoms with E-state index in [-0.39, 0.29) is 24.6 Å². The Balaban J connectivity index is 3.40. The maximum absolute atomic E-state index is 10.9. The van der Waals surface area contributed by atoms with Gasteiger partial charge >= 0.3 is 11.4 Å². The van der Waals surface area contributed by atoms with Crippen LogP contribution < -0.4 is 10.1 Å². The van der Waals surface area contributed by atoms with Gasteiger partial charge in [-0.25, -0.2) is 0 Å². The fourth-order valence-corrected chi connectivity index (χ4v) is 1.35. The highest BCUT2D eigenvalue weighted by atomic mass is 16.6. The number of benzene rings is 1. The average molecular weight is 257 g/mol. The zero-order valence-corrected chi connectivity index (χ0v) is 9.45.